The van der Waals surface area contributed by atoms with Crippen molar-refractivity contribution in [3.63, 3.8) is 0 Å². The van der Waals surface area contributed by atoms with E-state index in [1.807, 2.05) is 12.1 Å². The van der Waals surface area contributed by atoms with Gasteiger partial charge in [0, 0.05) is 46.8 Å². The van der Waals surface area contributed by atoms with Gasteiger partial charge >= 0.3 is 0 Å². The Labute approximate surface area is 169 Å². The summed E-state index contributed by atoms with van der Waals surface area (Å²) >= 11 is 0. The molecule has 0 spiro atoms. The van der Waals surface area contributed by atoms with E-state index in [1.165, 1.54) is 40.0 Å². The number of hydrogen-bond donors (Lipinski definition) is 1. The highest BCUT2D eigenvalue weighted by Crippen LogP contribution is 2.50. The fourth-order valence-electron chi connectivity index (χ4n) is 5.77. The Morgan fingerprint density at radius 2 is 1.83 bits per heavy atom. The average Bonchev–Trinajstić information content (AvgIpc) is 3.13. The van der Waals surface area contributed by atoms with E-state index >= 15 is 0 Å². The van der Waals surface area contributed by atoms with E-state index in [-0.39, 0.29) is 23.6 Å². The van der Waals surface area contributed by atoms with Gasteiger partial charge in [0.1, 0.15) is 5.82 Å². The number of allylic oxidation sites excluding steroid dienone is 2. The van der Waals surface area contributed by atoms with Gasteiger partial charge in [-0.25, -0.2) is 4.39 Å². The molecule has 0 amide bonds. The highest BCUT2D eigenvalue weighted by molar-refractivity contribution is 5.98. The first kappa shape index (κ1) is 17.0. The van der Waals surface area contributed by atoms with Crippen molar-refractivity contribution in [3.8, 4) is 0 Å². The highest BCUT2D eigenvalue weighted by Gasteiger charge is 2.42. The normalized spacial score (nSPS) is 23.8. The number of aromatic nitrogens is 1. The van der Waals surface area contributed by atoms with Gasteiger partial charge in [0.2, 0.25) is 0 Å². The van der Waals surface area contributed by atoms with Crippen molar-refractivity contribution in [2.24, 2.45) is 0 Å². The van der Waals surface area contributed by atoms with Crippen LogP contribution in [0.3, 0.4) is 0 Å². The molecule has 1 aliphatic carbocycles. The Balaban J connectivity index is 1.52. The Kier molecular flexibility index (Phi) is 3.70. The topological polar surface area (TPSA) is 36.1 Å². The maximum atomic E-state index is 13.6. The van der Waals surface area contributed by atoms with Gasteiger partial charge in [0.05, 0.1) is 6.04 Å². The van der Waals surface area contributed by atoms with Crippen LogP contribution in [0.1, 0.15) is 54.5 Å². The smallest absolute Gasteiger partial charge is 0.161 e. The van der Waals surface area contributed by atoms with Crippen molar-refractivity contribution in [3.05, 3.63) is 82.4 Å². The van der Waals surface area contributed by atoms with Gasteiger partial charge in [0.15, 0.2) is 5.78 Å². The van der Waals surface area contributed by atoms with Crippen molar-refractivity contribution >= 4 is 16.7 Å². The summed E-state index contributed by atoms with van der Waals surface area (Å²) in [5, 5.41) is 1.32. The molecule has 0 saturated heterocycles. The number of Topliss-reactive ketones (excluding diaryl/α,β-unsaturated/α-hetero) is 1. The minimum Gasteiger partial charge on any atom is -0.366 e. The van der Waals surface area contributed by atoms with E-state index < -0.39 is 0 Å². The third-order valence-electron chi connectivity index (χ3n) is 7.01. The molecule has 6 rings (SSSR count). The summed E-state index contributed by atoms with van der Waals surface area (Å²) in [6.45, 7) is 0.960. The number of carbonyl (C=O) groups is 1. The van der Waals surface area contributed by atoms with E-state index in [1.54, 1.807) is 0 Å². The van der Waals surface area contributed by atoms with E-state index in [2.05, 4.69) is 34.1 Å². The molecule has 3 heterocycles. The molecule has 0 saturated carbocycles. The number of hydrogen-bond acceptors (Lipinski definition) is 2. The fraction of sp³-hybridized carbons (Fsp3) is 0.320. The van der Waals surface area contributed by atoms with Crippen LogP contribution in [0.2, 0.25) is 0 Å². The minimum absolute atomic E-state index is 0.0389. The van der Waals surface area contributed by atoms with Crippen molar-refractivity contribution in [2.45, 2.75) is 44.1 Å². The van der Waals surface area contributed by atoms with Crippen LogP contribution >= 0.6 is 0 Å². The van der Waals surface area contributed by atoms with Crippen molar-refractivity contribution in [1.82, 2.24) is 9.88 Å². The van der Waals surface area contributed by atoms with Crippen LogP contribution in [0, 0.1) is 5.82 Å². The molecular formula is C25H23FN2O. The summed E-state index contributed by atoms with van der Waals surface area (Å²) in [6.07, 6.45) is 4.38. The second-order valence-electron chi connectivity index (χ2n) is 8.50. The van der Waals surface area contributed by atoms with Crippen LogP contribution in [0.5, 0.6) is 0 Å². The number of nitrogens with one attached hydrogen (secondary N) is 1. The zero-order chi connectivity index (χ0) is 19.5. The monoisotopic (exact) mass is 386 g/mol. The molecule has 146 valence electrons. The summed E-state index contributed by atoms with van der Waals surface area (Å²) < 4.78 is 13.6. The van der Waals surface area contributed by atoms with E-state index in [9.17, 15) is 9.18 Å². The first-order valence-corrected chi connectivity index (χ1v) is 10.6. The number of H-pyrrole nitrogens is 1. The molecule has 2 atom stereocenters. The molecular weight excluding hydrogens is 363 g/mol. The van der Waals surface area contributed by atoms with Crippen molar-refractivity contribution < 1.29 is 9.18 Å². The largest absolute Gasteiger partial charge is 0.366 e. The number of aromatic amines is 1. The predicted octanol–water partition coefficient (Wildman–Crippen LogP) is 5.40. The molecule has 0 fully saturated rings. The molecule has 3 nitrogen and oxygen atoms in total. The van der Waals surface area contributed by atoms with Gasteiger partial charge in [-0.15, -0.1) is 0 Å². The minimum atomic E-state index is -0.231. The molecule has 1 N–H and O–H groups in total. The van der Waals surface area contributed by atoms with Gasteiger partial charge in [-0.3, -0.25) is 4.79 Å². The molecule has 1 aromatic heterocycles. The molecule has 29 heavy (non-hydrogen) atoms. The number of carbonyl (C=O) groups excluding carboxylic acids is 1. The lowest BCUT2D eigenvalue weighted by Crippen LogP contribution is -2.42. The summed E-state index contributed by atoms with van der Waals surface area (Å²) in [4.78, 5) is 19.2. The SMILES string of the molecule is O=C1CCCC2=C1[C@H](c1ccc(F)cc1)C[C@H]1c3[nH]c4ccccc4c3CCN21. The van der Waals surface area contributed by atoms with Crippen LogP contribution in [0.25, 0.3) is 10.9 Å². The molecule has 0 radical (unpaired) electrons. The van der Waals surface area contributed by atoms with Gasteiger partial charge in [-0.2, -0.15) is 0 Å². The number of benzene rings is 2. The van der Waals surface area contributed by atoms with Gasteiger partial charge in [-0.1, -0.05) is 30.3 Å². The Bertz CT molecular complexity index is 1160. The number of rotatable bonds is 1. The van der Waals surface area contributed by atoms with Crippen molar-refractivity contribution in [1.29, 1.82) is 0 Å². The van der Waals surface area contributed by atoms with Crippen LogP contribution in [0.15, 0.2) is 59.8 Å². The van der Waals surface area contributed by atoms with Crippen LogP contribution in [0.4, 0.5) is 4.39 Å². The number of nitrogens with zero attached hydrogens (tertiary/aromatic N) is 1. The first-order valence-electron chi connectivity index (χ1n) is 10.6. The second-order valence-corrected chi connectivity index (χ2v) is 8.50. The fourth-order valence-corrected chi connectivity index (χ4v) is 5.77. The molecule has 3 aliphatic rings. The molecule has 2 aliphatic heterocycles. The van der Waals surface area contributed by atoms with Crippen LogP contribution in [-0.2, 0) is 11.2 Å². The highest BCUT2D eigenvalue weighted by atomic mass is 19.1. The number of halogens is 1. The molecule has 2 aromatic carbocycles. The van der Waals surface area contributed by atoms with E-state index in [0.717, 1.165) is 43.4 Å². The second kappa shape index (κ2) is 6.31. The zero-order valence-corrected chi connectivity index (χ0v) is 16.2. The standard InChI is InChI=1S/C25H23FN2O/c26-16-10-8-15(9-11-16)19-14-22-25-18(17-4-1-2-5-20(17)27-25)12-13-28(22)21-6-3-7-23(29)24(19)21/h1-2,4-5,8-11,19,22,27H,3,6-7,12-14H2/t19-,22-/m0/s1. The van der Waals surface area contributed by atoms with Gasteiger partial charge in [0.25, 0.3) is 0 Å². The lowest BCUT2D eigenvalue weighted by Gasteiger charge is -2.47. The predicted molar refractivity (Wildman–Crippen MR) is 111 cm³/mol. The Hall–Kier alpha value is -2.88. The molecule has 0 bridgehead atoms. The van der Waals surface area contributed by atoms with Crippen molar-refractivity contribution in [2.75, 3.05) is 6.54 Å². The average molecular weight is 386 g/mol. The summed E-state index contributed by atoms with van der Waals surface area (Å²) in [6, 6.07) is 15.5. The Morgan fingerprint density at radius 1 is 1.00 bits per heavy atom. The summed E-state index contributed by atoms with van der Waals surface area (Å²) in [7, 11) is 0. The lowest BCUT2D eigenvalue weighted by atomic mass is 9.73. The summed E-state index contributed by atoms with van der Waals surface area (Å²) in [5.41, 5.74) is 7.18. The number of para-hydroxylation sites is 1. The molecule has 0 unspecified atom stereocenters. The van der Waals surface area contributed by atoms with E-state index in [0.29, 0.717) is 6.42 Å². The zero-order valence-electron chi connectivity index (χ0n) is 16.2. The van der Waals surface area contributed by atoms with Crippen LogP contribution < -0.4 is 0 Å². The molecule has 3 aromatic rings. The Morgan fingerprint density at radius 3 is 2.69 bits per heavy atom. The summed E-state index contributed by atoms with van der Waals surface area (Å²) in [5.74, 6) is 0.0874. The third kappa shape index (κ3) is 2.51. The van der Waals surface area contributed by atoms with Gasteiger partial charge < -0.3 is 9.88 Å². The van der Waals surface area contributed by atoms with Gasteiger partial charge in [-0.05, 0) is 55.0 Å². The maximum absolute atomic E-state index is 13.6. The number of ketones is 1. The third-order valence-corrected chi connectivity index (χ3v) is 7.01. The lowest BCUT2D eigenvalue weighted by molar-refractivity contribution is -0.117. The quantitative estimate of drug-likeness (QED) is 0.608. The van der Waals surface area contributed by atoms with E-state index in [4.69, 9.17) is 0 Å². The number of fused-ring (bicyclic) bond motifs is 6. The molecule has 4 heteroatoms. The van der Waals surface area contributed by atoms with Crippen LogP contribution in [-0.4, -0.2) is 22.2 Å². The first-order chi connectivity index (χ1) is 14.2. The maximum Gasteiger partial charge on any atom is 0.161 e.